The minimum Gasteiger partial charge on any atom is -0.326 e. The fourth-order valence-electron chi connectivity index (χ4n) is 1.08. The van der Waals surface area contributed by atoms with Crippen LogP contribution in [0, 0.1) is 5.82 Å². The van der Waals surface area contributed by atoms with E-state index in [-0.39, 0.29) is 10.9 Å². The van der Waals surface area contributed by atoms with Crippen molar-refractivity contribution in [3.8, 4) is 0 Å². The molecule has 0 fully saturated rings. The molecule has 0 atom stereocenters. The van der Waals surface area contributed by atoms with Crippen molar-refractivity contribution >= 4 is 23.2 Å². The average Bonchev–Trinajstić information content (AvgIpc) is 2.01. The number of nitrogens with one attached hydrogen (secondary N) is 1. The van der Waals surface area contributed by atoms with E-state index in [4.69, 9.17) is 11.6 Å². The minimum absolute atomic E-state index is 0.130. The first kappa shape index (κ1) is 11.0. The summed E-state index contributed by atoms with van der Waals surface area (Å²) in [6, 6.07) is 3.94. The van der Waals surface area contributed by atoms with Gasteiger partial charge in [-0.05, 0) is 24.6 Å². The van der Waals surface area contributed by atoms with E-state index < -0.39 is 5.82 Å². The zero-order chi connectivity index (χ0) is 10.6. The molecule has 0 unspecified atom stereocenters. The van der Waals surface area contributed by atoms with Gasteiger partial charge in [0.1, 0.15) is 5.82 Å². The van der Waals surface area contributed by atoms with Crippen LogP contribution in [0.1, 0.15) is 19.8 Å². The standard InChI is InChI=1S/C10H11ClFNO/c1-2-3-10(14)13-9-5-7(11)4-8(12)6-9/h4-6H,2-3H2,1H3,(H,13,14). The van der Waals surface area contributed by atoms with Gasteiger partial charge in [0.05, 0.1) is 0 Å². The van der Waals surface area contributed by atoms with Crippen LogP contribution in [0.3, 0.4) is 0 Å². The SMILES string of the molecule is CCCC(=O)Nc1cc(F)cc(Cl)c1. The van der Waals surface area contributed by atoms with Gasteiger partial charge in [0.25, 0.3) is 0 Å². The van der Waals surface area contributed by atoms with Gasteiger partial charge in [-0.2, -0.15) is 0 Å². The van der Waals surface area contributed by atoms with Crippen LogP contribution in [-0.4, -0.2) is 5.91 Å². The lowest BCUT2D eigenvalue weighted by molar-refractivity contribution is -0.116. The van der Waals surface area contributed by atoms with E-state index in [2.05, 4.69) is 5.32 Å². The largest absolute Gasteiger partial charge is 0.326 e. The number of benzene rings is 1. The van der Waals surface area contributed by atoms with Crippen LogP contribution in [0.4, 0.5) is 10.1 Å². The Hall–Kier alpha value is -1.09. The fraction of sp³-hybridized carbons (Fsp3) is 0.300. The molecular weight excluding hydrogens is 205 g/mol. The average molecular weight is 216 g/mol. The summed E-state index contributed by atoms with van der Waals surface area (Å²) in [5.41, 5.74) is 0.397. The van der Waals surface area contributed by atoms with Crippen molar-refractivity contribution in [3.05, 3.63) is 29.0 Å². The second-order valence-corrected chi connectivity index (χ2v) is 3.39. The number of carbonyl (C=O) groups excluding carboxylic acids is 1. The van der Waals surface area contributed by atoms with Gasteiger partial charge in [-0.1, -0.05) is 18.5 Å². The van der Waals surface area contributed by atoms with Crippen molar-refractivity contribution in [1.29, 1.82) is 0 Å². The highest BCUT2D eigenvalue weighted by Gasteiger charge is 2.03. The van der Waals surface area contributed by atoms with E-state index in [1.807, 2.05) is 6.92 Å². The zero-order valence-electron chi connectivity index (χ0n) is 7.81. The molecule has 14 heavy (non-hydrogen) atoms. The lowest BCUT2D eigenvalue weighted by atomic mass is 10.3. The van der Waals surface area contributed by atoms with Crippen LogP contribution in [0.2, 0.25) is 5.02 Å². The summed E-state index contributed by atoms with van der Waals surface area (Å²) in [5, 5.41) is 2.84. The number of amides is 1. The Balaban J connectivity index is 2.71. The maximum Gasteiger partial charge on any atom is 0.224 e. The predicted octanol–water partition coefficient (Wildman–Crippen LogP) is 3.22. The minimum atomic E-state index is -0.454. The van der Waals surface area contributed by atoms with Crippen LogP contribution in [0.5, 0.6) is 0 Å². The number of anilines is 1. The number of hydrogen-bond acceptors (Lipinski definition) is 1. The normalized spacial score (nSPS) is 9.93. The molecule has 76 valence electrons. The molecule has 0 aliphatic heterocycles. The van der Waals surface area contributed by atoms with Crippen LogP contribution in [-0.2, 0) is 4.79 Å². The van der Waals surface area contributed by atoms with Crippen molar-refractivity contribution < 1.29 is 9.18 Å². The Morgan fingerprint density at radius 2 is 2.21 bits per heavy atom. The van der Waals surface area contributed by atoms with Gasteiger partial charge in [0.2, 0.25) is 5.91 Å². The van der Waals surface area contributed by atoms with Gasteiger partial charge in [-0.3, -0.25) is 4.79 Å². The molecule has 0 aromatic heterocycles. The highest BCUT2D eigenvalue weighted by molar-refractivity contribution is 6.30. The molecule has 0 aliphatic carbocycles. The van der Waals surface area contributed by atoms with Crippen molar-refractivity contribution in [2.24, 2.45) is 0 Å². The predicted molar refractivity (Wildman–Crippen MR) is 54.9 cm³/mol. The van der Waals surface area contributed by atoms with Gasteiger partial charge in [-0.25, -0.2) is 4.39 Å². The third kappa shape index (κ3) is 3.34. The summed E-state index contributed by atoms with van der Waals surface area (Å²) in [5.74, 6) is -0.585. The second-order valence-electron chi connectivity index (χ2n) is 2.96. The Kier molecular flexibility index (Phi) is 3.89. The van der Waals surface area contributed by atoms with E-state index in [0.717, 1.165) is 6.42 Å². The van der Waals surface area contributed by atoms with Gasteiger partial charge >= 0.3 is 0 Å². The number of rotatable bonds is 3. The fourth-order valence-corrected chi connectivity index (χ4v) is 1.30. The topological polar surface area (TPSA) is 29.1 Å². The molecule has 0 spiro atoms. The summed E-state index contributed by atoms with van der Waals surface area (Å²) in [4.78, 5) is 11.2. The molecule has 1 N–H and O–H groups in total. The summed E-state index contributed by atoms with van der Waals surface area (Å²) in [7, 11) is 0. The molecule has 0 heterocycles. The number of carbonyl (C=O) groups is 1. The van der Waals surface area contributed by atoms with E-state index in [9.17, 15) is 9.18 Å². The quantitative estimate of drug-likeness (QED) is 0.824. The van der Waals surface area contributed by atoms with Crippen LogP contribution in [0.15, 0.2) is 18.2 Å². The Morgan fingerprint density at radius 3 is 2.79 bits per heavy atom. The van der Waals surface area contributed by atoms with Crippen LogP contribution in [0.25, 0.3) is 0 Å². The molecule has 0 bridgehead atoms. The lowest BCUT2D eigenvalue weighted by Gasteiger charge is -2.04. The molecule has 0 saturated heterocycles. The molecular formula is C10H11ClFNO. The van der Waals surface area contributed by atoms with Gasteiger partial charge in [0, 0.05) is 17.1 Å². The summed E-state index contributed by atoms with van der Waals surface area (Å²) >= 11 is 5.62. The first-order valence-electron chi connectivity index (χ1n) is 4.37. The van der Waals surface area contributed by atoms with E-state index in [0.29, 0.717) is 12.1 Å². The first-order chi connectivity index (χ1) is 6.61. The molecule has 1 rings (SSSR count). The number of halogens is 2. The van der Waals surface area contributed by atoms with Crippen molar-refractivity contribution in [3.63, 3.8) is 0 Å². The smallest absolute Gasteiger partial charge is 0.224 e. The molecule has 2 nitrogen and oxygen atoms in total. The summed E-state index contributed by atoms with van der Waals surface area (Å²) < 4.78 is 12.8. The lowest BCUT2D eigenvalue weighted by Crippen LogP contribution is -2.10. The van der Waals surface area contributed by atoms with Gasteiger partial charge in [-0.15, -0.1) is 0 Å². The third-order valence-electron chi connectivity index (χ3n) is 1.62. The number of hydrogen-bond donors (Lipinski definition) is 1. The third-order valence-corrected chi connectivity index (χ3v) is 1.84. The van der Waals surface area contributed by atoms with Crippen LogP contribution < -0.4 is 5.32 Å². The molecule has 4 heteroatoms. The molecule has 0 radical (unpaired) electrons. The van der Waals surface area contributed by atoms with Gasteiger partial charge < -0.3 is 5.32 Å². The highest BCUT2D eigenvalue weighted by atomic mass is 35.5. The summed E-state index contributed by atoms with van der Waals surface area (Å²) in [6.45, 7) is 1.90. The monoisotopic (exact) mass is 215 g/mol. The highest BCUT2D eigenvalue weighted by Crippen LogP contribution is 2.18. The molecule has 1 amide bonds. The Bertz CT molecular complexity index is 321. The summed E-state index contributed by atoms with van der Waals surface area (Å²) in [6.07, 6.45) is 1.18. The maximum absolute atomic E-state index is 12.8. The maximum atomic E-state index is 12.8. The molecule has 1 aromatic rings. The van der Waals surface area contributed by atoms with E-state index in [1.165, 1.54) is 18.2 Å². The Labute approximate surface area is 87.1 Å². The molecule has 1 aromatic carbocycles. The second kappa shape index (κ2) is 4.96. The first-order valence-corrected chi connectivity index (χ1v) is 4.75. The van der Waals surface area contributed by atoms with Gasteiger partial charge in [0.15, 0.2) is 0 Å². The molecule has 0 aliphatic rings. The van der Waals surface area contributed by atoms with Crippen LogP contribution >= 0.6 is 11.6 Å². The van der Waals surface area contributed by atoms with Crippen molar-refractivity contribution in [1.82, 2.24) is 0 Å². The van der Waals surface area contributed by atoms with Crippen molar-refractivity contribution in [2.75, 3.05) is 5.32 Å². The van der Waals surface area contributed by atoms with E-state index >= 15 is 0 Å². The molecule has 0 saturated carbocycles. The van der Waals surface area contributed by atoms with E-state index in [1.54, 1.807) is 0 Å². The van der Waals surface area contributed by atoms with Crippen molar-refractivity contribution in [2.45, 2.75) is 19.8 Å². The zero-order valence-corrected chi connectivity index (χ0v) is 8.57. The Morgan fingerprint density at radius 1 is 1.50 bits per heavy atom.